The highest BCUT2D eigenvalue weighted by molar-refractivity contribution is 4.82. The van der Waals surface area contributed by atoms with E-state index in [1.54, 1.807) is 7.11 Å². The smallest absolute Gasteiger partial charge is 0.0587 e. The molecule has 0 saturated carbocycles. The Hall–Kier alpha value is -0.120. The number of likely N-dealkylation sites (tertiary alicyclic amines) is 1. The summed E-state index contributed by atoms with van der Waals surface area (Å²) in [5.41, 5.74) is 0. The van der Waals surface area contributed by atoms with Crippen LogP contribution in [0.15, 0.2) is 0 Å². The molecule has 3 heteroatoms. The van der Waals surface area contributed by atoms with Gasteiger partial charge in [0.25, 0.3) is 0 Å². The van der Waals surface area contributed by atoms with E-state index >= 15 is 0 Å². The van der Waals surface area contributed by atoms with Crippen molar-refractivity contribution in [1.82, 2.24) is 10.2 Å². The highest BCUT2D eigenvalue weighted by Gasteiger charge is 2.27. The van der Waals surface area contributed by atoms with Gasteiger partial charge in [-0.3, -0.25) is 4.90 Å². The number of nitrogens with zero attached hydrogens (tertiary/aromatic N) is 1. The van der Waals surface area contributed by atoms with Crippen molar-refractivity contribution in [3.63, 3.8) is 0 Å². The Balaban J connectivity index is 2.19. The largest absolute Gasteiger partial charge is 0.383 e. The van der Waals surface area contributed by atoms with Crippen LogP contribution in [0.25, 0.3) is 0 Å². The summed E-state index contributed by atoms with van der Waals surface area (Å²) in [6, 6.07) is 0.737. The Bertz CT molecular complexity index is 187. The summed E-state index contributed by atoms with van der Waals surface area (Å²) in [5.74, 6) is 1.69. The first kappa shape index (κ1) is 13.9. The van der Waals surface area contributed by atoms with E-state index in [1.807, 2.05) is 0 Å². The van der Waals surface area contributed by atoms with E-state index in [0.29, 0.717) is 0 Å². The van der Waals surface area contributed by atoms with Crippen molar-refractivity contribution >= 4 is 0 Å². The van der Waals surface area contributed by atoms with Crippen LogP contribution in [0.5, 0.6) is 0 Å². The fraction of sp³-hybridized carbons (Fsp3) is 1.00. The molecule has 1 heterocycles. The maximum absolute atomic E-state index is 5.01. The summed E-state index contributed by atoms with van der Waals surface area (Å²) in [6.45, 7) is 12.4. The summed E-state index contributed by atoms with van der Waals surface area (Å²) in [6.07, 6.45) is 1.38. The maximum atomic E-state index is 5.01. The van der Waals surface area contributed by atoms with Gasteiger partial charge in [-0.05, 0) is 25.2 Å². The Labute approximate surface area is 101 Å². The van der Waals surface area contributed by atoms with E-state index in [9.17, 15) is 0 Å². The molecule has 1 rings (SSSR count). The number of ether oxygens (including phenoxy) is 1. The second-order valence-corrected chi connectivity index (χ2v) is 5.30. The van der Waals surface area contributed by atoms with E-state index in [0.717, 1.165) is 37.6 Å². The second kappa shape index (κ2) is 7.25. The van der Waals surface area contributed by atoms with Crippen LogP contribution in [0, 0.1) is 11.8 Å². The van der Waals surface area contributed by atoms with E-state index in [4.69, 9.17) is 4.74 Å². The highest BCUT2D eigenvalue weighted by Crippen LogP contribution is 2.26. The number of hydrogen-bond donors (Lipinski definition) is 1. The number of rotatable bonds is 6. The number of piperidine rings is 1. The van der Waals surface area contributed by atoms with Crippen LogP contribution < -0.4 is 5.32 Å². The molecule has 0 radical (unpaired) electrons. The molecule has 1 fully saturated rings. The molecule has 1 N–H and O–H groups in total. The van der Waals surface area contributed by atoms with Crippen molar-refractivity contribution in [1.29, 1.82) is 0 Å². The third-order valence-electron chi connectivity index (χ3n) is 3.78. The Morgan fingerprint density at radius 1 is 1.25 bits per heavy atom. The number of methoxy groups -OCH3 is 1. The van der Waals surface area contributed by atoms with Crippen LogP contribution in [0.2, 0.25) is 0 Å². The van der Waals surface area contributed by atoms with Gasteiger partial charge in [0.15, 0.2) is 0 Å². The lowest BCUT2D eigenvalue weighted by Gasteiger charge is -2.41. The van der Waals surface area contributed by atoms with Gasteiger partial charge < -0.3 is 10.1 Å². The fourth-order valence-corrected chi connectivity index (χ4v) is 2.65. The minimum absolute atomic E-state index is 0.737. The first-order valence-corrected chi connectivity index (χ1v) is 6.58. The van der Waals surface area contributed by atoms with Crippen LogP contribution in [0.4, 0.5) is 0 Å². The molecule has 0 amide bonds. The average molecular weight is 228 g/mol. The lowest BCUT2D eigenvalue weighted by molar-refractivity contribution is 0.0801. The predicted octanol–water partition coefficient (Wildman–Crippen LogP) is 1.59. The van der Waals surface area contributed by atoms with Gasteiger partial charge in [-0.15, -0.1) is 0 Å². The van der Waals surface area contributed by atoms with Crippen LogP contribution in [-0.2, 0) is 4.74 Å². The zero-order chi connectivity index (χ0) is 12.0. The fourth-order valence-electron chi connectivity index (χ4n) is 2.65. The monoisotopic (exact) mass is 228 g/mol. The SMILES string of the molecule is COCCNCCN1CC(C)CC(C)C1C. The molecule has 0 bridgehead atoms. The Morgan fingerprint density at radius 3 is 2.69 bits per heavy atom. The molecule has 0 aliphatic carbocycles. The van der Waals surface area contributed by atoms with Crippen molar-refractivity contribution in [2.45, 2.75) is 33.2 Å². The van der Waals surface area contributed by atoms with Crippen LogP contribution in [-0.4, -0.2) is 50.8 Å². The molecule has 0 aromatic carbocycles. The third kappa shape index (κ3) is 4.40. The number of nitrogens with one attached hydrogen (secondary N) is 1. The molecule has 96 valence electrons. The molecule has 1 aliphatic rings. The first-order chi connectivity index (χ1) is 7.65. The van der Waals surface area contributed by atoms with Gasteiger partial charge in [0.05, 0.1) is 6.61 Å². The van der Waals surface area contributed by atoms with Crippen LogP contribution in [0.3, 0.4) is 0 Å². The van der Waals surface area contributed by atoms with E-state index < -0.39 is 0 Å². The minimum Gasteiger partial charge on any atom is -0.383 e. The predicted molar refractivity (Wildman–Crippen MR) is 68.7 cm³/mol. The average Bonchev–Trinajstić information content (AvgIpc) is 2.24. The Kier molecular flexibility index (Phi) is 6.32. The third-order valence-corrected chi connectivity index (χ3v) is 3.78. The zero-order valence-electron chi connectivity index (χ0n) is 11.3. The minimum atomic E-state index is 0.737. The molecule has 16 heavy (non-hydrogen) atoms. The summed E-state index contributed by atoms with van der Waals surface area (Å²) < 4.78 is 5.01. The summed E-state index contributed by atoms with van der Waals surface area (Å²) >= 11 is 0. The Morgan fingerprint density at radius 2 is 2.00 bits per heavy atom. The van der Waals surface area contributed by atoms with Crippen molar-refractivity contribution in [2.24, 2.45) is 11.8 Å². The normalized spacial score (nSPS) is 31.9. The van der Waals surface area contributed by atoms with Gasteiger partial charge in [0.1, 0.15) is 0 Å². The summed E-state index contributed by atoms with van der Waals surface area (Å²) in [7, 11) is 1.75. The van der Waals surface area contributed by atoms with E-state index in [1.165, 1.54) is 19.5 Å². The molecule has 3 nitrogen and oxygen atoms in total. The lowest BCUT2D eigenvalue weighted by atomic mass is 9.86. The van der Waals surface area contributed by atoms with Gasteiger partial charge in [0.2, 0.25) is 0 Å². The van der Waals surface area contributed by atoms with Crippen LogP contribution >= 0.6 is 0 Å². The van der Waals surface area contributed by atoms with Gasteiger partial charge in [-0.1, -0.05) is 13.8 Å². The van der Waals surface area contributed by atoms with Gasteiger partial charge in [0, 0.05) is 39.3 Å². The standard InChI is InChI=1S/C13H28N2O/c1-11-9-12(2)13(3)15(10-11)7-5-14-6-8-16-4/h11-14H,5-10H2,1-4H3. The van der Waals surface area contributed by atoms with Crippen LogP contribution in [0.1, 0.15) is 27.2 Å². The van der Waals surface area contributed by atoms with Crippen molar-refractivity contribution in [3.8, 4) is 0 Å². The quantitative estimate of drug-likeness (QED) is 0.699. The van der Waals surface area contributed by atoms with Crippen molar-refractivity contribution in [2.75, 3.05) is 39.9 Å². The van der Waals surface area contributed by atoms with E-state index in [-0.39, 0.29) is 0 Å². The summed E-state index contributed by atoms with van der Waals surface area (Å²) in [5, 5.41) is 3.42. The second-order valence-electron chi connectivity index (χ2n) is 5.30. The van der Waals surface area contributed by atoms with Crippen molar-refractivity contribution in [3.05, 3.63) is 0 Å². The molecule has 3 atom stereocenters. The van der Waals surface area contributed by atoms with Crippen molar-refractivity contribution < 1.29 is 4.74 Å². The molecule has 0 aromatic rings. The maximum Gasteiger partial charge on any atom is 0.0587 e. The number of hydrogen-bond acceptors (Lipinski definition) is 3. The van der Waals surface area contributed by atoms with E-state index in [2.05, 4.69) is 31.0 Å². The topological polar surface area (TPSA) is 24.5 Å². The zero-order valence-corrected chi connectivity index (χ0v) is 11.3. The first-order valence-electron chi connectivity index (χ1n) is 6.58. The molecular weight excluding hydrogens is 200 g/mol. The highest BCUT2D eigenvalue weighted by atomic mass is 16.5. The summed E-state index contributed by atoms with van der Waals surface area (Å²) in [4.78, 5) is 2.62. The lowest BCUT2D eigenvalue weighted by Crippen LogP contribution is -2.48. The molecular formula is C13H28N2O. The molecule has 0 aromatic heterocycles. The van der Waals surface area contributed by atoms with Gasteiger partial charge >= 0.3 is 0 Å². The molecule has 1 saturated heterocycles. The molecule has 3 unspecified atom stereocenters. The van der Waals surface area contributed by atoms with Gasteiger partial charge in [-0.25, -0.2) is 0 Å². The van der Waals surface area contributed by atoms with Gasteiger partial charge in [-0.2, -0.15) is 0 Å². The molecule has 0 spiro atoms. The molecule has 1 aliphatic heterocycles.